The van der Waals surface area contributed by atoms with E-state index < -0.39 is 6.04 Å². The third-order valence-corrected chi connectivity index (χ3v) is 3.43. The zero-order chi connectivity index (χ0) is 14.0. The molecule has 1 aliphatic heterocycles. The Bertz CT molecular complexity index is 440. The predicted octanol–water partition coefficient (Wildman–Crippen LogP) is 1.48. The van der Waals surface area contributed by atoms with E-state index in [-0.39, 0.29) is 17.4 Å². The first kappa shape index (κ1) is 13.9. The summed E-state index contributed by atoms with van der Waals surface area (Å²) in [5.74, 6) is 0.800. The first-order valence-electron chi connectivity index (χ1n) is 6.66. The van der Waals surface area contributed by atoms with Crippen molar-refractivity contribution >= 4 is 5.91 Å². The molecule has 4 nitrogen and oxygen atoms in total. The third-order valence-electron chi connectivity index (χ3n) is 3.43. The minimum Gasteiger partial charge on any atom is -0.488 e. The molecule has 0 bridgehead atoms. The first-order chi connectivity index (χ1) is 8.88. The van der Waals surface area contributed by atoms with Gasteiger partial charge in [0.2, 0.25) is 5.91 Å². The lowest BCUT2D eigenvalue weighted by Gasteiger charge is -2.26. The molecular weight excluding hydrogens is 240 g/mol. The summed E-state index contributed by atoms with van der Waals surface area (Å²) in [5, 5.41) is 2.88. The van der Waals surface area contributed by atoms with Gasteiger partial charge in [-0.15, -0.1) is 0 Å². The molecule has 0 saturated carbocycles. The Morgan fingerprint density at radius 3 is 2.79 bits per heavy atom. The van der Waals surface area contributed by atoms with E-state index in [4.69, 9.17) is 10.5 Å². The molecule has 104 valence electrons. The van der Waals surface area contributed by atoms with Crippen molar-refractivity contribution in [1.29, 1.82) is 0 Å². The van der Waals surface area contributed by atoms with Crippen LogP contribution < -0.4 is 15.8 Å². The van der Waals surface area contributed by atoms with Crippen LogP contribution in [0.25, 0.3) is 0 Å². The minimum absolute atomic E-state index is 0.00789. The molecule has 0 fully saturated rings. The van der Waals surface area contributed by atoms with Gasteiger partial charge in [-0.2, -0.15) is 0 Å². The molecule has 4 heteroatoms. The summed E-state index contributed by atoms with van der Waals surface area (Å²) >= 11 is 0. The molecule has 1 amide bonds. The van der Waals surface area contributed by atoms with Gasteiger partial charge in [-0.25, -0.2) is 0 Å². The fourth-order valence-electron chi connectivity index (χ4n) is 2.09. The molecule has 1 aromatic rings. The second-order valence-electron chi connectivity index (χ2n) is 6.14. The van der Waals surface area contributed by atoms with Crippen molar-refractivity contribution < 1.29 is 9.53 Å². The Hall–Kier alpha value is -1.55. The Morgan fingerprint density at radius 1 is 1.47 bits per heavy atom. The van der Waals surface area contributed by atoms with E-state index in [9.17, 15) is 4.79 Å². The third kappa shape index (κ3) is 3.26. The van der Waals surface area contributed by atoms with E-state index in [0.717, 1.165) is 12.2 Å². The van der Waals surface area contributed by atoms with Gasteiger partial charge in [0.05, 0.1) is 12.6 Å². The fourth-order valence-corrected chi connectivity index (χ4v) is 2.09. The molecule has 0 aromatic heterocycles. The molecule has 1 unspecified atom stereocenters. The SMILES string of the molecule is CC(C)(C)[C@@H](N)C(=O)NCC1Cc2ccccc2O1. The molecule has 2 rings (SSSR count). The zero-order valence-corrected chi connectivity index (χ0v) is 11.8. The lowest BCUT2D eigenvalue weighted by molar-refractivity contribution is -0.124. The number of nitrogens with one attached hydrogen (secondary N) is 1. The normalized spacial score (nSPS) is 19.5. The average molecular weight is 262 g/mol. The smallest absolute Gasteiger partial charge is 0.237 e. The van der Waals surface area contributed by atoms with Gasteiger partial charge in [-0.1, -0.05) is 39.0 Å². The number of hydrogen-bond donors (Lipinski definition) is 2. The zero-order valence-electron chi connectivity index (χ0n) is 11.8. The van der Waals surface area contributed by atoms with Crippen LogP contribution in [0.1, 0.15) is 26.3 Å². The van der Waals surface area contributed by atoms with E-state index in [1.807, 2.05) is 39.0 Å². The van der Waals surface area contributed by atoms with Crippen molar-refractivity contribution in [3.05, 3.63) is 29.8 Å². The first-order valence-corrected chi connectivity index (χ1v) is 6.66. The van der Waals surface area contributed by atoms with Gasteiger partial charge in [0.25, 0.3) is 0 Å². The van der Waals surface area contributed by atoms with Gasteiger partial charge < -0.3 is 15.8 Å². The van der Waals surface area contributed by atoms with Gasteiger partial charge in [-0.3, -0.25) is 4.79 Å². The van der Waals surface area contributed by atoms with Crippen LogP contribution in [-0.4, -0.2) is 24.6 Å². The van der Waals surface area contributed by atoms with Gasteiger partial charge in [-0.05, 0) is 17.0 Å². The highest BCUT2D eigenvalue weighted by Gasteiger charge is 2.29. The molecule has 0 spiro atoms. The maximum atomic E-state index is 11.9. The summed E-state index contributed by atoms with van der Waals surface area (Å²) in [6.45, 7) is 6.37. The lowest BCUT2D eigenvalue weighted by Crippen LogP contribution is -2.50. The summed E-state index contributed by atoms with van der Waals surface area (Å²) in [5.41, 5.74) is 6.87. The van der Waals surface area contributed by atoms with Crippen molar-refractivity contribution in [2.75, 3.05) is 6.54 Å². The summed E-state index contributed by atoms with van der Waals surface area (Å²) in [6.07, 6.45) is 0.842. The minimum atomic E-state index is -0.503. The summed E-state index contributed by atoms with van der Waals surface area (Å²) in [7, 11) is 0. The predicted molar refractivity (Wildman–Crippen MR) is 75.0 cm³/mol. The topological polar surface area (TPSA) is 64.4 Å². The maximum absolute atomic E-state index is 11.9. The van der Waals surface area contributed by atoms with Crippen molar-refractivity contribution in [3.63, 3.8) is 0 Å². The molecule has 0 saturated heterocycles. The van der Waals surface area contributed by atoms with Crippen LogP contribution >= 0.6 is 0 Å². The lowest BCUT2D eigenvalue weighted by atomic mass is 9.87. The second kappa shape index (κ2) is 5.21. The van der Waals surface area contributed by atoms with Crippen molar-refractivity contribution in [1.82, 2.24) is 5.32 Å². The number of amides is 1. The number of carbonyl (C=O) groups is 1. The number of para-hydroxylation sites is 1. The molecule has 2 atom stereocenters. The maximum Gasteiger partial charge on any atom is 0.237 e. The van der Waals surface area contributed by atoms with Gasteiger partial charge >= 0.3 is 0 Å². The van der Waals surface area contributed by atoms with Crippen molar-refractivity contribution in [2.24, 2.45) is 11.1 Å². The van der Waals surface area contributed by atoms with E-state index in [1.54, 1.807) is 0 Å². The Labute approximate surface area is 114 Å². The number of benzene rings is 1. The second-order valence-corrected chi connectivity index (χ2v) is 6.14. The van der Waals surface area contributed by atoms with Gasteiger partial charge in [0.15, 0.2) is 0 Å². The van der Waals surface area contributed by atoms with Crippen LogP contribution in [0.15, 0.2) is 24.3 Å². The Morgan fingerprint density at radius 2 is 2.16 bits per heavy atom. The quantitative estimate of drug-likeness (QED) is 0.867. The molecule has 1 aliphatic rings. The van der Waals surface area contributed by atoms with Gasteiger partial charge in [0.1, 0.15) is 11.9 Å². The summed E-state index contributed by atoms with van der Waals surface area (Å²) < 4.78 is 5.77. The van der Waals surface area contributed by atoms with E-state index >= 15 is 0 Å². The van der Waals surface area contributed by atoms with E-state index in [2.05, 4.69) is 11.4 Å². The highest BCUT2D eigenvalue weighted by Crippen LogP contribution is 2.27. The number of carbonyl (C=O) groups excluding carboxylic acids is 1. The molecule has 1 heterocycles. The number of hydrogen-bond acceptors (Lipinski definition) is 3. The Balaban J connectivity index is 1.84. The van der Waals surface area contributed by atoms with Gasteiger partial charge in [0, 0.05) is 6.42 Å². The molecule has 1 aromatic carbocycles. The fraction of sp³-hybridized carbons (Fsp3) is 0.533. The monoisotopic (exact) mass is 262 g/mol. The van der Waals surface area contributed by atoms with Crippen LogP contribution in [0.4, 0.5) is 0 Å². The number of nitrogens with two attached hydrogens (primary N) is 1. The van der Waals surface area contributed by atoms with E-state index in [0.29, 0.717) is 6.54 Å². The van der Waals surface area contributed by atoms with E-state index in [1.165, 1.54) is 5.56 Å². The largest absolute Gasteiger partial charge is 0.488 e. The number of rotatable bonds is 3. The number of fused-ring (bicyclic) bond motifs is 1. The molecular formula is C15H22N2O2. The summed E-state index contributed by atoms with van der Waals surface area (Å²) in [6, 6.07) is 7.46. The van der Waals surface area contributed by atoms with Crippen LogP contribution in [0.3, 0.4) is 0 Å². The van der Waals surface area contributed by atoms with Crippen LogP contribution in [-0.2, 0) is 11.2 Å². The molecule has 0 radical (unpaired) electrons. The summed E-state index contributed by atoms with van der Waals surface area (Å²) in [4.78, 5) is 11.9. The van der Waals surface area contributed by atoms with Crippen LogP contribution in [0, 0.1) is 5.41 Å². The standard InChI is InChI=1S/C15H22N2O2/c1-15(2,3)13(16)14(18)17-9-11-8-10-6-4-5-7-12(10)19-11/h4-7,11,13H,8-9,16H2,1-3H3,(H,17,18)/t11?,13-/m0/s1. The highest BCUT2D eigenvalue weighted by atomic mass is 16.5. The van der Waals surface area contributed by atoms with Crippen molar-refractivity contribution in [2.45, 2.75) is 39.3 Å². The molecule has 3 N–H and O–H groups in total. The Kier molecular flexibility index (Phi) is 3.80. The van der Waals surface area contributed by atoms with Crippen LogP contribution in [0.5, 0.6) is 5.75 Å². The average Bonchev–Trinajstić information content (AvgIpc) is 2.76. The highest BCUT2D eigenvalue weighted by molar-refractivity contribution is 5.82. The molecule has 19 heavy (non-hydrogen) atoms. The molecule has 0 aliphatic carbocycles. The number of ether oxygens (including phenoxy) is 1. The van der Waals surface area contributed by atoms with Crippen molar-refractivity contribution in [3.8, 4) is 5.75 Å². The van der Waals surface area contributed by atoms with Crippen LogP contribution in [0.2, 0.25) is 0 Å².